The number of hydrogen-bond acceptors (Lipinski definition) is 1. The van der Waals surface area contributed by atoms with Crippen LogP contribution in [0.2, 0.25) is 5.02 Å². The van der Waals surface area contributed by atoms with E-state index >= 15 is 0 Å². The quantitative estimate of drug-likeness (QED) is 0.707. The zero-order valence-corrected chi connectivity index (χ0v) is 8.43. The van der Waals surface area contributed by atoms with E-state index in [1.807, 2.05) is 10.9 Å². The van der Waals surface area contributed by atoms with E-state index in [9.17, 15) is 0 Å². The molecule has 0 saturated carbocycles. The first-order valence-electron chi connectivity index (χ1n) is 4.49. The molecule has 0 saturated heterocycles. The van der Waals surface area contributed by atoms with Gasteiger partial charge < -0.3 is 0 Å². The monoisotopic (exact) mass is 186 g/mol. The Balaban J connectivity index is 2.62. The van der Waals surface area contributed by atoms with Crippen molar-refractivity contribution in [3.63, 3.8) is 0 Å². The van der Waals surface area contributed by atoms with Gasteiger partial charge in [-0.15, -0.1) is 0 Å². The molecular weight excluding hydrogens is 172 g/mol. The Kier molecular flexibility index (Phi) is 3.60. The number of unbranched alkanes of at least 4 members (excludes halogenated alkanes) is 1. The van der Waals surface area contributed by atoms with Crippen molar-refractivity contribution in [1.82, 2.24) is 9.78 Å². The van der Waals surface area contributed by atoms with Gasteiger partial charge in [-0.2, -0.15) is 5.10 Å². The molecule has 0 atom stereocenters. The first-order valence-corrected chi connectivity index (χ1v) is 4.87. The van der Waals surface area contributed by atoms with Gasteiger partial charge in [-0.3, -0.25) is 4.68 Å². The van der Waals surface area contributed by atoms with E-state index in [1.54, 1.807) is 0 Å². The third kappa shape index (κ3) is 2.24. The largest absolute Gasteiger partial charge is 0.271 e. The molecule has 0 fully saturated rings. The summed E-state index contributed by atoms with van der Waals surface area (Å²) in [6, 6.07) is 0. The van der Waals surface area contributed by atoms with Crippen LogP contribution in [-0.2, 0) is 13.0 Å². The Hall–Kier alpha value is -0.500. The first kappa shape index (κ1) is 9.59. The maximum absolute atomic E-state index is 5.94. The Morgan fingerprint density at radius 1 is 1.50 bits per heavy atom. The van der Waals surface area contributed by atoms with E-state index in [0.717, 1.165) is 23.7 Å². The fourth-order valence-electron chi connectivity index (χ4n) is 1.11. The highest BCUT2D eigenvalue weighted by Gasteiger charge is 2.03. The molecule has 0 aromatic carbocycles. The van der Waals surface area contributed by atoms with Crippen molar-refractivity contribution >= 4 is 11.6 Å². The SMILES string of the molecule is CCCCn1cc(Cl)c(CC)n1. The lowest BCUT2D eigenvalue weighted by molar-refractivity contribution is 0.566. The summed E-state index contributed by atoms with van der Waals surface area (Å²) < 4.78 is 1.94. The van der Waals surface area contributed by atoms with Gasteiger partial charge in [0.1, 0.15) is 0 Å². The van der Waals surface area contributed by atoms with Crippen LogP contribution >= 0.6 is 11.6 Å². The fourth-order valence-corrected chi connectivity index (χ4v) is 1.40. The van der Waals surface area contributed by atoms with Crippen molar-refractivity contribution in [3.8, 4) is 0 Å². The van der Waals surface area contributed by atoms with E-state index in [4.69, 9.17) is 11.6 Å². The lowest BCUT2D eigenvalue weighted by Crippen LogP contribution is -1.98. The minimum atomic E-state index is 0.800. The van der Waals surface area contributed by atoms with Crippen LogP contribution in [0.1, 0.15) is 32.4 Å². The molecule has 1 aromatic rings. The molecule has 12 heavy (non-hydrogen) atoms. The number of hydrogen-bond donors (Lipinski definition) is 0. The normalized spacial score (nSPS) is 10.6. The van der Waals surface area contributed by atoms with Gasteiger partial charge in [-0.05, 0) is 12.8 Å². The Morgan fingerprint density at radius 2 is 2.25 bits per heavy atom. The van der Waals surface area contributed by atoms with E-state index in [2.05, 4.69) is 18.9 Å². The number of halogens is 1. The number of rotatable bonds is 4. The molecule has 3 heteroatoms. The zero-order valence-electron chi connectivity index (χ0n) is 7.68. The predicted octanol–water partition coefficient (Wildman–Crippen LogP) is 2.90. The second-order valence-electron chi connectivity index (χ2n) is 2.89. The molecular formula is C9H15ClN2. The molecule has 0 aliphatic rings. The van der Waals surface area contributed by atoms with Gasteiger partial charge in [0.2, 0.25) is 0 Å². The van der Waals surface area contributed by atoms with Crippen LogP contribution in [0, 0.1) is 0 Å². The summed E-state index contributed by atoms with van der Waals surface area (Å²) in [4.78, 5) is 0. The summed E-state index contributed by atoms with van der Waals surface area (Å²) in [7, 11) is 0. The van der Waals surface area contributed by atoms with Gasteiger partial charge in [0.25, 0.3) is 0 Å². The zero-order chi connectivity index (χ0) is 8.97. The average Bonchev–Trinajstić information content (AvgIpc) is 2.43. The van der Waals surface area contributed by atoms with Gasteiger partial charge in [-0.1, -0.05) is 31.9 Å². The molecule has 0 amide bonds. The Bertz CT molecular complexity index is 243. The molecule has 0 unspecified atom stereocenters. The number of nitrogens with zero attached hydrogens (tertiary/aromatic N) is 2. The van der Waals surface area contributed by atoms with Crippen molar-refractivity contribution in [2.24, 2.45) is 0 Å². The highest BCUT2D eigenvalue weighted by atomic mass is 35.5. The average molecular weight is 187 g/mol. The molecule has 0 N–H and O–H groups in total. The first-order chi connectivity index (χ1) is 5.77. The van der Waals surface area contributed by atoms with Crippen LogP contribution in [0.4, 0.5) is 0 Å². The molecule has 2 nitrogen and oxygen atoms in total. The highest BCUT2D eigenvalue weighted by Crippen LogP contribution is 2.14. The van der Waals surface area contributed by atoms with Gasteiger partial charge in [0, 0.05) is 12.7 Å². The van der Waals surface area contributed by atoms with Crippen molar-refractivity contribution in [2.75, 3.05) is 0 Å². The molecule has 0 bridgehead atoms. The van der Waals surface area contributed by atoms with E-state index in [1.165, 1.54) is 12.8 Å². The van der Waals surface area contributed by atoms with Crippen molar-refractivity contribution in [2.45, 2.75) is 39.7 Å². The Labute approximate surface area is 78.5 Å². The van der Waals surface area contributed by atoms with Crippen LogP contribution in [0.5, 0.6) is 0 Å². The second kappa shape index (κ2) is 4.51. The minimum Gasteiger partial charge on any atom is -0.271 e. The Morgan fingerprint density at radius 3 is 2.75 bits per heavy atom. The number of aryl methyl sites for hydroxylation is 2. The molecule has 0 spiro atoms. The second-order valence-corrected chi connectivity index (χ2v) is 3.30. The van der Waals surface area contributed by atoms with Crippen molar-refractivity contribution < 1.29 is 0 Å². The summed E-state index contributed by atoms with van der Waals surface area (Å²) in [6.07, 6.45) is 5.19. The molecule has 0 aliphatic heterocycles. The van der Waals surface area contributed by atoms with Crippen LogP contribution in [0.15, 0.2) is 6.20 Å². The number of aromatic nitrogens is 2. The minimum absolute atomic E-state index is 0.800. The maximum Gasteiger partial charge on any atom is 0.0817 e. The molecule has 1 heterocycles. The lowest BCUT2D eigenvalue weighted by atomic mass is 10.3. The van der Waals surface area contributed by atoms with Gasteiger partial charge in [-0.25, -0.2) is 0 Å². The summed E-state index contributed by atoms with van der Waals surface area (Å²) in [5, 5.41) is 5.15. The standard InChI is InChI=1S/C9H15ClN2/c1-3-5-6-12-7-8(10)9(4-2)11-12/h7H,3-6H2,1-2H3. The van der Waals surface area contributed by atoms with E-state index in [0.29, 0.717) is 0 Å². The molecule has 1 aromatic heterocycles. The van der Waals surface area contributed by atoms with Gasteiger partial charge in [0.05, 0.1) is 10.7 Å². The van der Waals surface area contributed by atoms with Gasteiger partial charge in [0.15, 0.2) is 0 Å². The molecule has 0 aliphatic carbocycles. The fraction of sp³-hybridized carbons (Fsp3) is 0.667. The van der Waals surface area contributed by atoms with E-state index in [-0.39, 0.29) is 0 Å². The molecule has 0 radical (unpaired) electrons. The molecule has 68 valence electrons. The summed E-state index contributed by atoms with van der Waals surface area (Å²) in [6.45, 7) is 5.22. The highest BCUT2D eigenvalue weighted by molar-refractivity contribution is 6.31. The summed E-state index contributed by atoms with van der Waals surface area (Å²) in [5.41, 5.74) is 1.01. The van der Waals surface area contributed by atoms with Crippen molar-refractivity contribution in [3.05, 3.63) is 16.9 Å². The third-order valence-electron chi connectivity index (χ3n) is 1.86. The van der Waals surface area contributed by atoms with Crippen LogP contribution in [0.3, 0.4) is 0 Å². The van der Waals surface area contributed by atoms with Crippen LogP contribution in [-0.4, -0.2) is 9.78 Å². The van der Waals surface area contributed by atoms with Crippen molar-refractivity contribution in [1.29, 1.82) is 0 Å². The van der Waals surface area contributed by atoms with Crippen LogP contribution < -0.4 is 0 Å². The third-order valence-corrected chi connectivity index (χ3v) is 2.18. The smallest absolute Gasteiger partial charge is 0.0817 e. The maximum atomic E-state index is 5.94. The van der Waals surface area contributed by atoms with Crippen LogP contribution in [0.25, 0.3) is 0 Å². The summed E-state index contributed by atoms with van der Waals surface area (Å²) >= 11 is 5.94. The topological polar surface area (TPSA) is 17.8 Å². The van der Waals surface area contributed by atoms with E-state index < -0.39 is 0 Å². The predicted molar refractivity (Wildman–Crippen MR) is 51.5 cm³/mol. The van der Waals surface area contributed by atoms with Gasteiger partial charge >= 0.3 is 0 Å². The summed E-state index contributed by atoms with van der Waals surface area (Å²) in [5.74, 6) is 0. The lowest BCUT2D eigenvalue weighted by Gasteiger charge is -1.96. The molecule has 1 rings (SSSR count).